The summed E-state index contributed by atoms with van der Waals surface area (Å²) in [4.78, 5) is 15.7. The van der Waals surface area contributed by atoms with E-state index < -0.39 is 0 Å². The van der Waals surface area contributed by atoms with Crippen LogP contribution < -0.4 is 4.90 Å². The highest BCUT2D eigenvalue weighted by Crippen LogP contribution is 2.56. The van der Waals surface area contributed by atoms with Crippen molar-refractivity contribution in [3.05, 3.63) is 59.7 Å². The Kier molecular flexibility index (Phi) is 4.58. The van der Waals surface area contributed by atoms with E-state index in [2.05, 4.69) is 25.1 Å². The van der Waals surface area contributed by atoms with Gasteiger partial charge in [0.2, 0.25) is 5.91 Å². The molecule has 4 rings (SSSR count). The highest BCUT2D eigenvalue weighted by molar-refractivity contribution is 6.13. The number of aryl methyl sites for hydroxylation is 1. The summed E-state index contributed by atoms with van der Waals surface area (Å²) >= 11 is 0. The van der Waals surface area contributed by atoms with Gasteiger partial charge >= 0.3 is 0 Å². The van der Waals surface area contributed by atoms with E-state index in [1.807, 2.05) is 35.2 Å². The number of hydrogen-bond acceptors (Lipinski definition) is 2. The van der Waals surface area contributed by atoms with Crippen molar-refractivity contribution in [1.82, 2.24) is 0 Å². The molecule has 0 aromatic heterocycles. The van der Waals surface area contributed by atoms with Crippen molar-refractivity contribution < 1.29 is 9.53 Å². The molecule has 1 aliphatic carbocycles. The molecular weight excluding hydrogens is 322 g/mol. The Labute approximate surface area is 156 Å². The predicted octanol–water partition coefficient (Wildman–Crippen LogP) is 5.14. The zero-order valence-electron chi connectivity index (χ0n) is 15.7. The second kappa shape index (κ2) is 6.88. The summed E-state index contributed by atoms with van der Waals surface area (Å²) < 4.78 is 5.21. The van der Waals surface area contributed by atoms with E-state index in [0.717, 1.165) is 50.1 Å². The van der Waals surface area contributed by atoms with Crippen molar-refractivity contribution in [1.29, 1.82) is 0 Å². The van der Waals surface area contributed by atoms with Gasteiger partial charge in [-0.3, -0.25) is 9.69 Å². The first-order valence-corrected chi connectivity index (χ1v) is 9.66. The van der Waals surface area contributed by atoms with E-state index in [-0.39, 0.29) is 11.3 Å². The first kappa shape index (κ1) is 17.3. The summed E-state index contributed by atoms with van der Waals surface area (Å²) in [6.45, 7) is 2.96. The summed E-state index contributed by atoms with van der Waals surface area (Å²) in [5.74, 6) is 0.875. The van der Waals surface area contributed by atoms with Gasteiger partial charge in [-0.2, -0.15) is 0 Å². The molecule has 1 saturated carbocycles. The van der Waals surface area contributed by atoms with Crippen molar-refractivity contribution in [2.75, 3.05) is 18.6 Å². The Morgan fingerprint density at radius 1 is 1.15 bits per heavy atom. The molecule has 0 saturated heterocycles. The number of benzene rings is 2. The van der Waals surface area contributed by atoms with E-state index in [1.54, 1.807) is 7.11 Å². The molecule has 2 aliphatic rings. The average molecular weight is 349 g/mol. The lowest BCUT2D eigenvalue weighted by atomic mass is 9.77. The van der Waals surface area contributed by atoms with Crippen molar-refractivity contribution in [2.24, 2.45) is 5.92 Å². The topological polar surface area (TPSA) is 29.5 Å². The van der Waals surface area contributed by atoms with Crippen molar-refractivity contribution >= 4 is 17.3 Å². The van der Waals surface area contributed by atoms with Crippen LogP contribution in [0.5, 0.6) is 0 Å². The van der Waals surface area contributed by atoms with E-state index in [9.17, 15) is 4.79 Å². The Bertz CT molecular complexity index is 801. The molecule has 1 amide bonds. The highest BCUT2D eigenvalue weighted by atomic mass is 16.5. The van der Waals surface area contributed by atoms with Gasteiger partial charge in [-0.25, -0.2) is 0 Å². The van der Waals surface area contributed by atoms with E-state index in [0.29, 0.717) is 5.92 Å². The first-order chi connectivity index (χ1) is 12.7. The van der Waals surface area contributed by atoms with Crippen molar-refractivity contribution in [3.63, 3.8) is 0 Å². The highest BCUT2D eigenvalue weighted by Gasteiger charge is 2.55. The molecule has 2 aromatic carbocycles. The van der Waals surface area contributed by atoms with Crippen LogP contribution in [-0.4, -0.2) is 19.6 Å². The second-order valence-corrected chi connectivity index (χ2v) is 7.77. The summed E-state index contributed by atoms with van der Waals surface area (Å²) in [6.07, 6.45) is 5.29. The third kappa shape index (κ3) is 2.66. The number of hydrogen-bond donors (Lipinski definition) is 0. The summed E-state index contributed by atoms with van der Waals surface area (Å²) in [7, 11) is 1.76. The van der Waals surface area contributed by atoms with Gasteiger partial charge < -0.3 is 4.74 Å². The Hall–Kier alpha value is -2.13. The van der Waals surface area contributed by atoms with Gasteiger partial charge in [-0.15, -0.1) is 0 Å². The van der Waals surface area contributed by atoms with Crippen LogP contribution in [0.4, 0.5) is 11.4 Å². The van der Waals surface area contributed by atoms with Crippen LogP contribution >= 0.6 is 0 Å². The number of methoxy groups -OCH3 is 1. The minimum Gasteiger partial charge on any atom is -0.385 e. The van der Waals surface area contributed by atoms with Crippen LogP contribution in [0, 0.1) is 12.8 Å². The minimum absolute atomic E-state index is 0.266. The molecule has 1 aliphatic heterocycles. The van der Waals surface area contributed by atoms with E-state index >= 15 is 0 Å². The van der Waals surface area contributed by atoms with E-state index in [1.165, 1.54) is 11.1 Å². The SMILES string of the molecule is COCCC[C@@H]1CC[C@]2(C1)C(=O)N(c1ccccc1)c1cccc(C)c12. The largest absolute Gasteiger partial charge is 0.385 e. The number of rotatable bonds is 5. The monoisotopic (exact) mass is 349 g/mol. The molecule has 1 fully saturated rings. The molecule has 26 heavy (non-hydrogen) atoms. The van der Waals surface area contributed by atoms with Crippen molar-refractivity contribution in [2.45, 2.75) is 44.4 Å². The maximum atomic E-state index is 13.7. The molecule has 136 valence electrons. The van der Waals surface area contributed by atoms with Gasteiger partial charge in [0.15, 0.2) is 0 Å². The van der Waals surface area contributed by atoms with Crippen LogP contribution in [0.3, 0.4) is 0 Å². The molecule has 1 spiro atoms. The Morgan fingerprint density at radius 2 is 1.96 bits per heavy atom. The molecular formula is C23H27NO2. The molecule has 0 N–H and O–H groups in total. The van der Waals surface area contributed by atoms with Gasteiger partial charge in [0.1, 0.15) is 0 Å². The molecule has 2 atom stereocenters. The van der Waals surface area contributed by atoms with Crippen LogP contribution in [0.25, 0.3) is 0 Å². The fraction of sp³-hybridized carbons (Fsp3) is 0.435. The summed E-state index contributed by atoms with van der Waals surface area (Å²) in [6, 6.07) is 16.4. The maximum absolute atomic E-state index is 13.7. The number of carbonyl (C=O) groups is 1. The lowest BCUT2D eigenvalue weighted by molar-refractivity contribution is -0.122. The number of nitrogens with zero attached hydrogens (tertiary/aromatic N) is 1. The number of anilines is 2. The van der Waals surface area contributed by atoms with Gasteiger partial charge in [0, 0.05) is 19.4 Å². The molecule has 1 heterocycles. The predicted molar refractivity (Wildman–Crippen MR) is 105 cm³/mol. The van der Waals surface area contributed by atoms with Crippen LogP contribution in [-0.2, 0) is 14.9 Å². The normalized spacial score (nSPS) is 24.5. The number of amides is 1. The quantitative estimate of drug-likeness (QED) is 0.700. The zero-order chi connectivity index (χ0) is 18.1. The maximum Gasteiger partial charge on any atom is 0.242 e. The van der Waals surface area contributed by atoms with Crippen LogP contribution in [0.15, 0.2) is 48.5 Å². The number of ether oxygens (including phenoxy) is 1. The third-order valence-electron chi connectivity index (χ3n) is 6.17. The molecule has 0 unspecified atom stereocenters. The fourth-order valence-corrected chi connectivity index (χ4v) is 5.06. The lowest BCUT2D eigenvalue weighted by Crippen LogP contribution is -2.36. The standard InChI is InChI=1S/C23H27NO2/c1-17-8-6-12-20-21(17)23(14-13-18(16-23)9-7-15-26-2)22(25)24(20)19-10-4-3-5-11-19/h3-6,8,10-12,18H,7,9,13-16H2,1-2H3/t18-,23-/m1/s1. The second-order valence-electron chi connectivity index (χ2n) is 7.77. The van der Waals surface area contributed by atoms with E-state index in [4.69, 9.17) is 4.74 Å². The summed E-state index contributed by atoms with van der Waals surface area (Å²) in [5, 5.41) is 0. The van der Waals surface area contributed by atoms with Gasteiger partial charge in [0.25, 0.3) is 0 Å². The molecule has 3 heteroatoms. The molecule has 3 nitrogen and oxygen atoms in total. The van der Waals surface area contributed by atoms with Gasteiger partial charge in [-0.1, -0.05) is 30.3 Å². The fourth-order valence-electron chi connectivity index (χ4n) is 5.06. The van der Waals surface area contributed by atoms with Gasteiger partial charge in [-0.05, 0) is 74.3 Å². The third-order valence-corrected chi connectivity index (χ3v) is 6.17. The number of fused-ring (bicyclic) bond motifs is 2. The molecule has 0 bridgehead atoms. The number of para-hydroxylation sites is 1. The molecule has 2 aromatic rings. The smallest absolute Gasteiger partial charge is 0.242 e. The van der Waals surface area contributed by atoms with Crippen molar-refractivity contribution in [3.8, 4) is 0 Å². The Balaban J connectivity index is 1.72. The molecule has 0 radical (unpaired) electrons. The zero-order valence-corrected chi connectivity index (χ0v) is 15.7. The van der Waals surface area contributed by atoms with Crippen LogP contribution in [0.2, 0.25) is 0 Å². The first-order valence-electron chi connectivity index (χ1n) is 9.66. The summed E-state index contributed by atoms with van der Waals surface area (Å²) in [5.41, 5.74) is 4.23. The average Bonchev–Trinajstić information content (AvgIpc) is 3.18. The Morgan fingerprint density at radius 3 is 2.73 bits per heavy atom. The number of carbonyl (C=O) groups excluding carboxylic acids is 1. The van der Waals surface area contributed by atoms with Gasteiger partial charge in [0.05, 0.1) is 11.1 Å². The minimum atomic E-state index is -0.339. The lowest BCUT2D eigenvalue weighted by Gasteiger charge is -2.25. The van der Waals surface area contributed by atoms with Crippen LogP contribution in [0.1, 0.15) is 43.2 Å².